The minimum Gasteiger partial charge on any atom is -0.394 e. The van der Waals surface area contributed by atoms with Gasteiger partial charge in [-0.1, -0.05) is 0 Å². The van der Waals surface area contributed by atoms with E-state index in [1.165, 1.54) is 21.1 Å². The number of methoxy groups -OCH3 is 2. The van der Waals surface area contributed by atoms with Crippen LogP contribution < -0.4 is 5.32 Å². The van der Waals surface area contributed by atoms with Crippen molar-refractivity contribution in [1.29, 1.82) is 0 Å². The van der Waals surface area contributed by atoms with Crippen LogP contribution in [0.4, 0.5) is 0 Å². The quantitative estimate of drug-likeness (QED) is 0.241. The zero-order valence-corrected chi connectivity index (χ0v) is 15.9. The molecule has 6 N–H and O–H groups in total. The molecule has 2 aliphatic rings. The molecule has 0 saturated carbocycles. The molecule has 0 aromatic rings. The van der Waals surface area contributed by atoms with Gasteiger partial charge in [-0.05, 0) is 0 Å². The van der Waals surface area contributed by atoms with Crippen LogP contribution in [0, 0.1) is 0 Å². The van der Waals surface area contributed by atoms with E-state index in [4.69, 9.17) is 23.7 Å². The number of nitrogens with one attached hydrogen (secondary N) is 1. The topological polar surface area (TPSA) is 176 Å². The molecule has 0 bridgehead atoms. The van der Waals surface area contributed by atoms with Crippen molar-refractivity contribution in [2.45, 2.75) is 68.3 Å². The molecule has 0 aliphatic carbocycles. The summed E-state index contributed by atoms with van der Waals surface area (Å²) < 4.78 is 26.8. The number of ether oxygens (including phenoxy) is 5. The summed E-state index contributed by atoms with van der Waals surface area (Å²) in [6.07, 6.45) is -11.5. The highest BCUT2D eigenvalue weighted by Gasteiger charge is 2.51. The Labute approximate surface area is 161 Å². The van der Waals surface area contributed by atoms with E-state index in [0.29, 0.717) is 0 Å². The average Bonchev–Trinajstić information content (AvgIpc) is 2.64. The van der Waals surface area contributed by atoms with Gasteiger partial charge in [0.05, 0.1) is 13.2 Å². The first kappa shape index (κ1) is 23.3. The summed E-state index contributed by atoms with van der Waals surface area (Å²) in [5.41, 5.74) is 0. The molecule has 0 radical (unpaired) electrons. The maximum atomic E-state index is 11.4. The molecule has 2 fully saturated rings. The second-order valence-corrected chi connectivity index (χ2v) is 6.75. The van der Waals surface area contributed by atoms with Crippen molar-refractivity contribution in [3.63, 3.8) is 0 Å². The average molecular weight is 411 g/mol. The van der Waals surface area contributed by atoms with E-state index in [1.54, 1.807) is 0 Å². The van der Waals surface area contributed by atoms with Crippen LogP contribution in [0.5, 0.6) is 0 Å². The number of carbonyl (C=O) groups is 1. The first-order valence-electron chi connectivity index (χ1n) is 8.83. The maximum absolute atomic E-state index is 11.4. The molecule has 2 saturated heterocycles. The Hall–Kier alpha value is -0.930. The number of hydrogen-bond acceptors (Lipinski definition) is 11. The molecule has 0 aromatic carbocycles. The third kappa shape index (κ3) is 4.97. The fraction of sp³-hybridized carbons (Fsp3) is 0.938. The molecule has 164 valence electrons. The third-order valence-corrected chi connectivity index (χ3v) is 4.78. The predicted octanol–water partition coefficient (Wildman–Crippen LogP) is -3.95. The standard InChI is InChI=1S/C16H29NO11/c1-6(19)17-9-11(21)13(8(5-24-2)26-15(9)23)28-16-14(25-3)12(22)10(20)7(4-18)27-16/h7-16,18,20-23H,4-5H2,1-3H3,(H,17,19)/t7-,8-,9-,10-,11+,12-,13+,14-,15+,16-/m0/s1. The second-order valence-electron chi connectivity index (χ2n) is 6.75. The molecular weight excluding hydrogens is 382 g/mol. The van der Waals surface area contributed by atoms with Crippen LogP contribution in [-0.4, -0.2) is 120 Å². The van der Waals surface area contributed by atoms with Gasteiger partial charge in [0.15, 0.2) is 12.6 Å². The van der Waals surface area contributed by atoms with E-state index in [-0.39, 0.29) is 6.61 Å². The molecule has 2 aliphatic heterocycles. The Kier molecular flexibility index (Phi) is 8.51. The lowest BCUT2D eigenvalue weighted by molar-refractivity contribution is -0.348. The zero-order valence-electron chi connectivity index (χ0n) is 15.9. The van der Waals surface area contributed by atoms with E-state index in [2.05, 4.69) is 5.32 Å². The van der Waals surface area contributed by atoms with Gasteiger partial charge in [0.1, 0.15) is 48.8 Å². The van der Waals surface area contributed by atoms with Crippen LogP contribution >= 0.6 is 0 Å². The first-order valence-corrected chi connectivity index (χ1v) is 8.83. The van der Waals surface area contributed by atoms with Crippen LogP contribution in [0.1, 0.15) is 6.92 Å². The summed E-state index contributed by atoms with van der Waals surface area (Å²) in [5, 5.41) is 52.7. The fourth-order valence-corrected chi connectivity index (χ4v) is 3.36. The number of aliphatic hydroxyl groups excluding tert-OH is 5. The SMILES string of the molecule is COC[C@@H]1O[C@@H](O)[C@@H](NC(C)=O)[C@@H](O)[C@@H]1O[C@@H]1O[C@@H](CO)[C@H](O)[C@H](O)[C@@H]1OC. The largest absolute Gasteiger partial charge is 0.394 e. The number of carbonyl (C=O) groups excluding carboxylic acids is 1. The summed E-state index contributed by atoms with van der Waals surface area (Å²) >= 11 is 0. The molecule has 0 aromatic heterocycles. The van der Waals surface area contributed by atoms with Gasteiger partial charge in [-0.25, -0.2) is 0 Å². The molecule has 28 heavy (non-hydrogen) atoms. The summed E-state index contributed by atoms with van der Waals surface area (Å²) in [6.45, 7) is 0.558. The smallest absolute Gasteiger partial charge is 0.217 e. The molecule has 12 heteroatoms. The lowest BCUT2D eigenvalue weighted by Crippen LogP contribution is -2.67. The number of amides is 1. The van der Waals surface area contributed by atoms with Gasteiger partial charge in [-0.15, -0.1) is 0 Å². The van der Waals surface area contributed by atoms with Crippen LogP contribution in [0.3, 0.4) is 0 Å². The molecule has 2 heterocycles. The van der Waals surface area contributed by atoms with Crippen LogP contribution in [-0.2, 0) is 28.5 Å². The highest BCUT2D eigenvalue weighted by atomic mass is 16.7. The molecule has 12 nitrogen and oxygen atoms in total. The molecule has 0 unspecified atom stereocenters. The third-order valence-electron chi connectivity index (χ3n) is 4.78. The van der Waals surface area contributed by atoms with Crippen molar-refractivity contribution < 1.29 is 54.0 Å². The fourth-order valence-electron chi connectivity index (χ4n) is 3.36. The highest BCUT2D eigenvalue weighted by molar-refractivity contribution is 5.73. The van der Waals surface area contributed by atoms with Gasteiger partial charge in [-0.3, -0.25) is 4.79 Å². The van der Waals surface area contributed by atoms with Crippen molar-refractivity contribution in [3.8, 4) is 0 Å². The molecule has 1 amide bonds. The van der Waals surface area contributed by atoms with Crippen molar-refractivity contribution in [2.75, 3.05) is 27.4 Å². The van der Waals surface area contributed by atoms with E-state index in [9.17, 15) is 30.3 Å². The Morgan fingerprint density at radius 2 is 1.68 bits per heavy atom. The van der Waals surface area contributed by atoms with Crippen molar-refractivity contribution in [2.24, 2.45) is 0 Å². The van der Waals surface area contributed by atoms with Gasteiger partial charge >= 0.3 is 0 Å². The maximum Gasteiger partial charge on any atom is 0.217 e. The monoisotopic (exact) mass is 411 g/mol. The van der Waals surface area contributed by atoms with E-state index in [0.717, 1.165) is 0 Å². The van der Waals surface area contributed by atoms with E-state index < -0.39 is 73.9 Å². The minimum atomic E-state index is -1.51. The Balaban J connectivity index is 2.23. The predicted molar refractivity (Wildman–Crippen MR) is 89.8 cm³/mol. The summed E-state index contributed by atoms with van der Waals surface area (Å²) in [6, 6.07) is -1.19. The first-order chi connectivity index (χ1) is 13.2. The van der Waals surface area contributed by atoms with Crippen LogP contribution in [0.25, 0.3) is 0 Å². The number of hydrogen-bond donors (Lipinski definition) is 6. The Morgan fingerprint density at radius 3 is 2.21 bits per heavy atom. The van der Waals surface area contributed by atoms with Crippen molar-refractivity contribution >= 4 is 5.91 Å². The Morgan fingerprint density at radius 1 is 1.00 bits per heavy atom. The summed E-state index contributed by atoms with van der Waals surface area (Å²) in [4.78, 5) is 11.4. The van der Waals surface area contributed by atoms with Crippen LogP contribution in [0.15, 0.2) is 0 Å². The zero-order chi connectivity index (χ0) is 21.0. The van der Waals surface area contributed by atoms with Gasteiger partial charge in [-0.2, -0.15) is 0 Å². The lowest BCUT2D eigenvalue weighted by atomic mass is 9.95. The Bertz CT molecular complexity index is 509. The summed E-state index contributed by atoms with van der Waals surface area (Å²) in [7, 11) is 2.65. The normalized spacial score (nSPS) is 44.3. The highest BCUT2D eigenvalue weighted by Crippen LogP contribution is 2.29. The molecule has 2 rings (SSSR count). The van der Waals surface area contributed by atoms with E-state index in [1.807, 2.05) is 0 Å². The van der Waals surface area contributed by atoms with Gasteiger partial charge < -0.3 is 54.5 Å². The van der Waals surface area contributed by atoms with Crippen LogP contribution in [0.2, 0.25) is 0 Å². The van der Waals surface area contributed by atoms with Gasteiger partial charge in [0.2, 0.25) is 5.91 Å². The van der Waals surface area contributed by atoms with Crippen molar-refractivity contribution in [1.82, 2.24) is 5.32 Å². The van der Waals surface area contributed by atoms with Crippen molar-refractivity contribution in [3.05, 3.63) is 0 Å². The second kappa shape index (κ2) is 10.2. The molecule has 0 spiro atoms. The molecule has 10 atom stereocenters. The number of rotatable bonds is 7. The van der Waals surface area contributed by atoms with E-state index >= 15 is 0 Å². The van der Waals surface area contributed by atoms with Gasteiger partial charge in [0, 0.05) is 21.1 Å². The molecular formula is C16H29NO11. The lowest BCUT2D eigenvalue weighted by Gasteiger charge is -2.47. The minimum absolute atomic E-state index is 0.0649. The number of aliphatic hydroxyl groups is 5. The van der Waals surface area contributed by atoms with Gasteiger partial charge in [0.25, 0.3) is 0 Å². The summed E-state index contributed by atoms with van der Waals surface area (Å²) in [5.74, 6) is -0.502.